The van der Waals surface area contributed by atoms with Crippen molar-refractivity contribution in [1.82, 2.24) is 5.32 Å². The molecule has 0 spiro atoms. The second-order valence-electron chi connectivity index (χ2n) is 6.71. The molecule has 1 atom stereocenters. The zero-order valence-corrected chi connectivity index (χ0v) is 15.1. The molecule has 4 heteroatoms. The number of hydrogen-bond acceptors (Lipinski definition) is 3. The normalized spacial score (nSPS) is 15.5. The van der Waals surface area contributed by atoms with Gasteiger partial charge in [0.2, 0.25) is 5.91 Å². The molecule has 1 aliphatic rings. The summed E-state index contributed by atoms with van der Waals surface area (Å²) in [5.74, 6) is 1.26. The monoisotopic (exact) mass is 353 g/mol. The van der Waals surface area contributed by atoms with E-state index in [1.165, 1.54) is 31.2 Å². The van der Waals surface area contributed by atoms with E-state index in [1.54, 1.807) is 0 Å². The van der Waals surface area contributed by atoms with E-state index in [-0.39, 0.29) is 18.6 Å². The second-order valence-corrected chi connectivity index (χ2v) is 6.71. The molecule has 1 N–H and O–H groups in total. The molecule has 2 aromatic carbocycles. The smallest absolute Gasteiger partial charge is 0.246 e. The van der Waals surface area contributed by atoms with Crippen molar-refractivity contribution in [3.63, 3.8) is 0 Å². The van der Waals surface area contributed by atoms with Gasteiger partial charge >= 0.3 is 0 Å². The number of para-hydroxylation sites is 1. The van der Waals surface area contributed by atoms with Gasteiger partial charge in [-0.3, -0.25) is 4.79 Å². The molecule has 0 saturated heterocycles. The van der Waals surface area contributed by atoms with Crippen molar-refractivity contribution in [3.8, 4) is 5.75 Å². The molecule has 4 nitrogen and oxygen atoms in total. The SMILES string of the molecule is O=C(COCCOc1ccccc1)NC(c1ccccc1)C1CCCC1. The molecule has 1 aliphatic carbocycles. The molecule has 0 aromatic heterocycles. The zero-order chi connectivity index (χ0) is 18.0. The fourth-order valence-corrected chi connectivity index (χ4v) is 3.54. The van der Waals surface area contributed by atoms with E-state index < -0.39 is 0 Å². The van der Waals surface area contributed by atoms with Gasteiger partial charge in [-0.2, -0.15) is 0 Å². The molecule has 1 saturated carbocycles. The molecule has 2 aromatic rings. The van der Waals surface area contributed by atoms with Gasteiger partial charge in [0.05, 0.1) is 12.6 Å². The van der Waals surface area contributed by atoms with Crippen molar-refractivity contribution in [1.29, 1.82) is 0 Å². The summed E-state index contributed by atoms with van der Waals surface area (Å²) in [6.07, 6.45) is 4.84. The average molecular weight is 353 g/mol. The number of hydrogen-bond donors (Lipinski definition) is 1. The summed E-state index contributed by atoms with van der Waals surface area (Å²) in [5.41, 5.74) is 1.18. The third-order valence-corrected chi connectivity index (χ3v) is 4.82. The van der Waals surface area contributed by atoms with Crippen LogP contribution in [-0.2, 0) is 9.53 Å². The van der Waals surface area contributed by atoms with Crippen molar-refractivity contribution in [2.75, 3.05) is 19.8 Å². The van der Waals surface area contributed by atoms with Crippen LogP contribution in [0.5, 0.6) is 5.75 Å². The van der Waals surface area contributed by atoms with Crippen molar-refractivity contribution in [3.05, 3.63) is 66.2 Å². The highest BCUT2D eigenvalue weighted by Crippen LogP contribution is 2.35. The highest BCUT2D eigenvalue weighted by molar-refractivity contribution is 5.77. The van der Waals surface area contributed by atoms with Crippen LogP contribution in [0.25, 0.3) is 0 Å². The molecular weight excluding hydrogens is 326 g/mol. The third kappa shape index (κ3) is 5.60. The van der Waals surface area contributed by atoms with E-state index in [4.69, 9.17) is 9.47 Å². The Balaban J connectivity index is 1.43. The topological polar surface area (TPSA) is 47.6 Å². The molecule has 1 fully saturated rings. The predicted molar refractivity (Wildman–Crippen MR) is 102 cm³/mol. The lowest BCUT2D eigenvalue weighted by atomic mass is 9.91. The Bertz CT molecular complexity index is 654. The van der Waals surface area contributed by atoms with E-state index in [2.05, 4.69) is 17.4 Å². The quantitative estimate of drug-likeness (QED) is 0.690. The van der Waals surface area contributed by atoms with Gasteiger partial charge in [-0.1, -0.05) is 61.4 Å². The number of ether oxygens (including phenoxy) is 2. The molecule has 1 unspecified atom stereocenters. The Kier molecular flexibility index (Phi) is 7.08. The van der Waals surface area contributed by atoms with Gasteiger partial charge in [0.15, 0.2) is 0 Å². The maximum atomic E-state index is 12.3. The first-order valence-corrected chi connectivity index (χ1v) is 9.43. The highest BCUT2D eigenvalue weighted by Gasteiger charge is 2.27. The van der Waals surface area contributed by atoms with Gasteiger partial charge in [-0.15, -0.1) is 0 Å². The molecule has 0 aliphatic heterocycles. The van der Waals surface area contributed by atoms with Gasteiger partial charge < -0.3 is 14.8 Å². The van der Waals surface area contributed by atoms with Crippen LogP contribution in [0.4, 0.5) is 0 Å². The summed E-state index contributed by atoms with van der Waals surface area (Å²) in [6, 6.07) is 19.9. The third-order valence-electron chi connectivity index (χ3n) is 4.82. The minimum absolute atomic E-state index is 0.0637. The minimum atomic E-state index is -0.0644. The van der Waals surface area contributed by atoms with Crippen molar-refractivity contribution < 1.29 is 14.3 Å². The standard InChI is InChI=1S/C22H27NO3/c24-21(17-25-15-16-26-20-13-5-2-6-14-20)23-22(19-11-7-8-12-19)18-9-3-1-4-10-18/h1-6,9-10,13-14,19,22H,7-8,11-12,15-17H2,(H,23,24). The fraction of sp³-hybridized carbons (Fsp3) is 0.409. The number of nitrogens with one attached hydrogen (secondary N) is 1. The number of carbonyl (C=O) groups excluding carboxylic acids is 1. The Hall–Kier alpha value is -2.33. The Morgan fingerprint density at radius 3 is 2.31 bits per heavy atom. The Labute approximate surface area is 155 Å². The lowest BCUT2D eigenvalue weighted by Gasteiger charge is -2.25. The van der Waals surface area contributed by atoms with Gasteiger partial charge in [0, 0.05) is 0 Å². The van der Waals surface area contributed by atoms with Crippen LogP contribution < -0.4 is 10.1 Å². The first kappa shape index (κ1) is 18.5. The highest BCUT2D eigenvalue weighted by atomic mass is 16.5. The van der Waals surface area contributed by atoms with Crippen LogP contribution in [0.1, 0.15) is 37.3 Å². The van der Waals surface area contributed by atoms with Gasteiger partial charge in [-0.25, -0.2) is 0 Å². The van der Waals surface area contributed by atoms with E-state index in [1.807, 2.05) is 48.5 Å². The molecular formula is C22H27NO3. The van der Waals surface area contributed by atoms with E-state index >= 15 is 0 Å². The van der Waals surface area contributed by atoms with Gasteiger partial charge in [-0.05, 0) is 36.5 Å². The van der Waals surface area contributed by atoms with E-state index in [9.17, 15) is 4.79 Å². The second kappa shape index (κ2) is 9.97. The van der Waals surface area contributed by atoms with Crippen molar-refractivity contribution in [2.24, 2.45) is 5.92 Å². The maximum absolute atomic E-state index is 12.3. The number of rotatable bonds is 9. The Morgan fingerprint density at radius 2 is 1.62 bits per heavy atom. The van der Waals surface area contributed by atoms with E-state index in [0.717, 1.165) is 5.75 Å². The summed E-state index contributed by atoms with van der Waals surface area (Å²) >= 11 is 0. The molecule has 26 heavy (non-hydrogen) atoms. The number of benzene rings is 2. The summed E-state index contributed by atoms with van der Waals surface area (Å²) in [7, 11) is 0. The molecule has 1 amide bonds. The first-order valence-electron chi connectivity index (χ1n) is 9.43. The van der Waals surface area contributed by atoms with Gasteiger partial charge in [0.1, 0.15) is 19.0 Å². The maximum Gasteiger partial charge on any atom is 0.246 e. The average Bonchev–Trinajstić information content (AvgIpc) is 3.22. The lowest BCUT2D eigenvalue weighted by molar-refractivity contribution is -0.127. The lowest BCUT2D eigenvalue weighted by Crippen LogP contribution is -2.35. The van der Waals surface area contributed by atoms with Crippen LogP contribution in [0.3, 0.4) is 0 Å². The zero-order valence-electron chi connectivity index (χ0n) is 15.1. The van der Waals surface area contributed by atoms with Crippen LogP contribution in [0.2, 0.25) is 0 Å². The molecule has 138 valence electrons. The largest absolute Gasteiger partial charge is 0.491 e. The fourth-order valence-electron chi connectivity index (χ4n) is 3.54. The first-order chi connectivity index (χ1) is 12.8. The van der Waals surface area contributed by atoms with Crippen molar-refractivity contribution >= 4 is 5.91 Å². The number of carbonyl (C=O) groups is 1. The van der Waals surface area contributed by atoms with Gasteiger partial charge in [0.25, 0.3) is 0 Å². The minimum Gasteiger partial charge on any atom is -0.491 e. The van der Waals surface area contributed by atoms with Crippen LogP contribution in [0.15, 0.2) is 60.7 Å². The summed E-state index contributed by atoms with van der Waals surface area (Å²) in [5, 5.41) is 3.18. The summed E-state index contributed by atoms with van der Waals surface area (Å²) in [6.45, 7) is 0.887. The molecule has 3 rings (SSSR count). The van der Waals surface area contributed by atoms with E-state index in [0.29, 0.717) is 19.1 Å². The number of amides is 1. The summed E-state index contributed by atoms with van der Waals surface area (Å²) in [4.78, 5) is 12.3. The Morgan fingerprint density at radius 1 is 0.962 bits per heavy atom. The van der Waals surface area contributed by atoms with Crippen LogP contribution in [-0.4, -0.2) is 25.7 Å². The molecule has 0 heterocycles. The van der Waals surface area contributed by atoms with Crippen LogP contribution in [0, 0.1) is 5.92 Å². The van der Waals surface area contributed by atoms with Crippen LogP contribution >= 0.6 is 0 Å². The predicted octanol–water partition coefficient (Wildman–Crippen LogP) is 4.13. The van der Waals surface area contributed by atoms with Crippen molar-refractivity contribution in [2.45, 2.75) is 31.7 Å². The molecule has 0 radical (unpaired) electrons. The molecule has 0 bridgehead atoms. The summed E-state index contributed by atoms with van der Waals surface area (Å²) < 4.78 is 11.0.